The molecule has 8 heteroatoms. The fourth-order valence-corrected chi connectivity index (χ4v) is 3.76. The standard InChI is InChI=1S/C19H13F3N2O2S/c1-10-17(12-4-7-15-14(8-12)23-16(25)9-26-15)24-18(27-10)11-2-5-13(6-3-11)19(20,21)22/h2-8H,9H2,1H3,(H,23,25). The molecular weight excluding hydrogens is 377 g/mol. The molecule has 2 aromatic carbocycles. The molecule has 0 fully saturated rings. The van der Waals surface area contributed by atoms with Crippen LogP contribution >= 0.6 is 11.3 Å². The second-order valence-corrected chi connectivity index (χ2v) is 7.25. The Hall–Kier alpha value is -2.87. The maximum atomic E-state index is 12.7. The van der Waals surface area contributed by atoms with Gasteiger partial charge in [0.15, 0.2) is 6.61 Å². The highest BCUT2D eigenvalue weighted by atomic mass is 32.1. The highest BCUT2D eigenvalue weighted by Gasteiger charge is 2.30. The minimum Gasteiger partial charge on any atom is -0.482 e. The van der Waals surface area contributed by atoms with Gasteiger partial charge in [-0.1, -0.05) is 12.1 Å². The van der Waals surface area contributed by atoms with E-state index >= 15 is 0 Å². The van der Waals surface area contributed by atoms with Crippen LogP contribution in [0.15, 0.2) is 42.5 Å². The molecule has 138 valence electrons. The lowest BCUT2D eigenvalue weighted by molar-refractivity contribution is -0.137. The van der Waals surface area contributed by atoms with Gasteiger partial charge in [0, 0.05) is 16.0 Å². The summed E-state index contributed by atoms with van der Waals surface area (Å²) in [5.74, 6) is 0.370. The number of fused-ring (bicyclic) bond motifs is 1. The summed E-state index contributed by atoms with van der Waals surface area (Å²) in [6, 6.07) is 10.3. The Morgan fingerprint density at radius 1 is 1.11 bits per heavy atom. The van der Waals surface area contributed by atoms with Gasteiger partial charge in [-0.3, -0.25) is 4.79 Å². The molecule has 0 spiro atoms. The molecule has 0 saturated heterocycles. The van der Waals surface area contributed by atoms with E-state index in [1.165, 1.54) is 23.5 Å². The lowest BCUT2D eigenvalue weighted by atomic mass is 10.1. The van der Waals surface area contributed by atoms with Crippen molar-refractivity contribution in [2.24, 2.45) is 0 Å². The van der Waals surface area contributed by atoms with Crippen LogP contribution in [0.1, 0.15) is 10.4 Å². The fourth-order valence-electron chi connectivity index (χ4n) is 2.82. The van der Waals surface area contributed by atoms with E-state index in [4.69, 9.17) is 4.74 Å². The van der Waals surface area contributed by atoms with E-state index in [9.17, 15) is 18.0 Å². The average Bonchev–Trinajstić information content (AvgIpc) is 3.02. The summed E-state index contributed by atoms with van der Waals surface area (Å²) in [6.07, 6.45) is -4.36. The summed E-state index contributed by atoms with van der Waals surface area (Å²) in [6.45, 7) is 1.88. The molecule has 1 aliphatic heterocycles. The lowest BCUT2D eigenvalue weighted by Gasteiger charge is -2.18. The third kappa shape index (κ3) is 3.40. The van der Waals surface area contributed by atoms with Gasteiger partial charge < -0.3 is 10.1 Å². The Morgan fingerprint density at radius 3 is 2.52 bits per heavy atom. The number of rotatable bonds is 2. The van der Waals surface area contributed by atoms with E-state index < -0.39 is 11.7 Å². The normalized spacial score (nSPS) is 13.7. The largest absolute Gasteiger partial charge is 0.482 e. The molecular formula is C19H13F3N2O2S. The molecule has 4 rings (SSSR count). The van der Waals surface area contributed by atoms with Gasteiger partial charge in [0.2, 0.25) is 0 Å². The van der Waals surface area contributed by atoms with Crippen molar-refractivity contribution in [3.05, 3.63) is 52.9 Å². The van der Waals surface area contributed by atoms with Crippen molar-refractivity contribution in [2.75, 3.05) is 11.9 Å². The van der Waals surface area contributed by atoms with E-state index in [2.05, 4.69) is 10.3 Å². The second-order valence-electron chi connectivity index (χ2n) is 6.05. The van der Waals surface area contributed by atoms with Gasteiger partial charge in [-0.15, -0.1) is 11.3 Å². The zero-order chi connectivity index (χ0) is 19.2. The van der Waals surface area contributed by atoms with Gasteiger partial charge in [0.25, 0.3) is 5.91 Å². The molecule has 0 bridgehead atoms. The van der Waals surface area contributed by atoms with Crippen LogP contribution in [0, 0.1) is 6.92 Å². The van der Waals surface area contributed by atoms with Crippen molar-refractivity contribution in [1.82, 2.24) is 4.98 Å². The van der Waals surface area contributed by atoms with Gasteiger partial charge in [-0.2, -0.15) is 13.2 Å². The number of thiazole rings is 1. The summed E-state index contributed by atoms with van der Waals surface area (Å²) in [5, 5.41) is 3.39. The number of hydrogen-bond acceptors (Lipinski definition) is 4. The number of halogens is 3. The fraction of sp³-hybridized carbons (Fsp3) is 0.158. The number of nitrogens with one attached hydrogen (secondary N) is 1. The molecule has 0 radical (unpaired) electrons. The number of alkyl halides is 3. The highest BCUT2D eigenvalue weighted by molar-refractivity contribution is 7.15. The molecule has 1 N–H and O–H groups in total. The first-order valence-electron chi connectivity index (χ1n) is 8.03. The monoisotopic (exact) mass is 390 g/mol. The van der Waals surface area contributed by atoms with Crippen molar-refractivity contribution in [3.63, 3.8) is 0 Å². The number of aromatic nitrogens is 1. The summed E-state index contributed by atoms with van der Waals surface area (Å²) in [7, 11) is 0. The molecule has 3 aromatic rings. The zero-order valence-corrected chi connectivity index (χ0v) is 14.9. The zero-order valence-electron chi connectivity index (χ0n) is 14.1. The van der Waals surface area contributed by atoms with Crippen LogP contribution in [-0.4, -0.2) is 17.5 Å². The number of carbonyl (C=O) groups is 1. The van der Waals surface area contributed by atoms with E-state index in [1.807, 2.05) is 13.0 Å². The van der Waals surface area contributed by atoms with Crippen molar-refractivity contribution >= 4 is 22.9 Å². The van der Waals surface area contributed by atoms with Crippen LogP contribution in [0.3, 0.4) is 0 Å². The van der Waals surface area contributed by atoms with Crippen LogP contribution in [0.2, 0.25) is 0 Å². The van der Waals surface area contributed by atoms with Crippen molar-refractivity contribution in [3.8, 4) is 27.6 Å². The lowest BCUT2D eigenvalue weighted by Crippen LogP contribution is -2.25. The van der Waals surface area contributed by atoms with Crippen LogP contribution in [0.4, 0.5) is 18.9 Å². The van der Waals surface area contributed by atoms with Crippen LogP contribution in [-0.2, 0) is 11.0 Å². The molecule has 0 saturated carbocycles. The van der Waals surface area contributed by atoms with Crippen molar-refractivity contribution in [1.29, 1.82) is 0 Å². The number of ether oxygens (including phenoxy) is 1. The first-order valence-corrected chi connectivity index (χ1v) is 8.85. The minimum absolute atomic E-state index is 0.0137. The minimum atomic E-state index is -4.36. The molecule has 2 heterocycles. The molecule has 1 amide bonds. The van der Waals surface area contributed by atoms with Crippen molar-refractivity contribution < 1.29 is 22.7 Å². The molecule has 0 atom stereocenters. The SMILES string of the molecule is Cc1sc(-c2ccc(C(F)(F)F)cc2)nc1-c1ccc2c(c1)NC(=O)CO2. The van der Waals surface area contributed by atoms with Crippen LogP contribution in [0.25, 0.3) is 21.8 Å². The Labute approximate surface area is 156 Å². The number of carbonyl (C=O) groups excluding carboxylic acids is 1. The van der Waals surface area contributed by atoms with Gasteiger partial charge in [-0.05, 0) is 37.3 Å². The number of anilines is 1. The molecule has 27 heavy (non-hydrogen) atoms. The molecule has 4 nitrogen and oxygen atoms in total. The maximum absolute atomic E-state index is 12.7. The predicted molar refractivity (Wildman–Crippen MR) is 96.8 cm³/mol. The number of benzene rings is 2. The molecule has 1 aliphatic rings. The van der Waals surface area contributed by atoms with Gasteiger partial charge >= 0.3 is 6.18 Å². The van der Waals surface area contributed by atoms with E-state index in [1.54, 1.807) is 12.1 Å². The van der Waals surface area contributed by atoms with Gasteiger partial charge in [0.05, 0.1) is 16.9 Å². The number of hydrogen-bond donors (Lipinski definition) is 1. The van der Waals surface area contributed by atoms with Crippen LogP contribution < -0.4 is 10.1 Å². The first-order chi connectivity index (χ1) is 12.8. The van der Waals surface area contributed by atoms with E-state index in [-0.39, 0.29) is 12.5 Å². The summed E-state index contributed by atoms with van der Waals surface area (Å²) < 4.78 is 43.5. The summed E-state index contributed by atoms with van der Waals surface area (Å²) >= 11 is 1.40. The Bertz CT molecular complexity index is 1030. The van der Waals surface area contributed by atoms with Gasteiger partial charge in [-0.25, -0.2) is 4.98 Å². The van der Waals surface area contributed by atoms with Crippen LogP contribution in [0.5, 0.6) is 5.75 Å². The number of amides is 1. The van der Waals surface area contributed by atoms with E-state index in [0.29, 0.717) is 22.0 Å². The topological polar surface area (TPSA) is 51.2 Å². The summed E-state index contributed by atoms with van der Waals surface area (Å²) in [5.41, 5.74) is 2.03. The molecule has 1 aromatic heterocycles. The first kappa shape index (κ1) is 17.5. The quantitative estimate of drug-likeness (QED) is 0.660. The van der Waals surface area contributed by atoms with Crippen molar-refractivity contribution in [2.45, 2.75) is 13.1 Å². The second kappa shape index (κ2) is 6.38. The smallest absolute Gasteiger partial charge is 0.416 e. The molecule has 0 aliphatic carbocycles. The third-order valence-electron chi connectivity index (χ3n) is 4.14. The third-order valence-corrected chi connectivity index (χ3v) is 5.16. The number of aryl methyl sites for hydroxylation is 1. The molecule has 0 unspecified atom stereocenters. The van der Waals surface area contributed by atoms with E-state index in [0.717, 1.165) is 28.3 Å². The number of nitrogens with zero attached hydrogens (tertiary/aromatic N) is 1. The predicted octanol–water partition coefficient (Wildman–Crippen LogP) is 5.14. The Kier molecular flexibility index (Phi) is 4.15. The maximum Gasteiger partial charge on any atom is 0.416 e. The Balaban J connectivity index is 1.68. The average molecular weight is 390 g/mol. The highest BCUT2D eigenvalue weighted by Crippen LogP contribution is 2.38. The Morgan fingerprint density at radius 2 is 1.81 bits per heavy atom. The summed E-state index contributed by atoms with van der Waals surface area (Å²) in [4.78, 5) is 17.0. The van der Waals surface area contributed by atoms with Gasteiger partial charge in [0.1, 0.15) is 10.8 Å².